The third kappa shape index (κ3) is 41300. The molecule has 160 valence electrons. The van der Waals surface area contributed by atoms with E-state index in [1.54, 1.807) is 0 Å². The Bertz CT molecular complexity index is 365. The highest BCUT2D eigenvalue weighted by Crippen LogP contribution is 2.27. The van der Waals surface area contributed by atoms with Crippen molar-refractivity contribution in [1.29, 1.82) is 0 Å². The molecule has 0 bridgehead atoms. The second-order valence-corrected chi connectivity index (χ2v) is 7.70. The van der Waals surface area contributed by atoms with Crippen molar-refractivity contribution in [2.45, 2.75) is 0 Å². The summed E-state index contributed by atoms with van der Waals surface area (Å²) in [6.45, 7) is 0. The molecule has 0 saturated heterocycles. The largest absolute Gasteiger partial charge is 0.466 e. The van der Waals surface area contributed by atoms with E-state index in [1.165, 1.54) is 0 Å². The first-order valence-electron chi connectivity index (χ1n) is 3.91. The Morgan fingerprint density at radius 3 is 0.240 bits per heavy atom. The van der Waals surface area contributed by atoms with E-state index in [4.69, 9.17) is 96.2 Å². The number of hydrogen-bond acceptors (Lipinski definition) is 5. The Labute approximate surface area is 136 Å². The first-order valence-corrected chi connectivity index (χ1v) is 11.7. The van der Waals surface area contributed by atoms with Crippen LogP contribution in [0, 0.1) is 0 Å². The van der Waals surface area contributed by atoms with Crippen molar-refractivity contribution in [3.8, 4) is 0 Å². The molecule has 25 heavy (non-hydrogen) atoms. The molecular weight excluding hydrogens is 475 g/mol. The number of phosphoric acid groups is 5. The van der Waals surface area contributed by atoms with Crippen molar-refractivity contribution in [1.82, 2.24) is 0 Å². The van der Waals surface area contributed by atoms with E-state index in [-0.39, 0.29) is 0 Å². The third-order valence-corrected chi connectivity index (χ3v) is 0. The van der Waals surface area contributed by atoms with Gasteiger partial charge in [0.15, 0.2) is 0 Å². The lowest BCUT2D eigenvalue weighted by Gasteiger charge is -1.82. The average Bonchev–Trinajstić information content (AvgIpc) is 1.79. The minimum Gasteiger partial charge on any atom is -0.303 e. The lowest BCUT2D eigenvalue weighted by atomic mass is 15.8. The molecule has 0 aromatic carbocycles. The van der Waals surface area contributed by atoms with Gasteiger partial charge in [-0.25, -0.2) is 22.8 Å². The Balaban J connectivity index is -0.0000000667. The van der Waals surface area contributed by atoms with Gasteiger partial charge in [0, 0.05) is 0 Å². The van der Waals surface area contributed by atoms with E-state index in [0.29, 0.717) is 0 Å². The van der Waals surface area contributed by atoms with Crippen molar-refractivity contribution >= 4 is 39.1 Å². The fourth-order valence-corrected chi connectivity index (χ4v) is 0. The van der Waals surface area contributed by atoms with E-state index in [0.717, 1.165) is 0 Å². The molecule has 0 unspecified atom stereocenters. The summed E-state index contributed by atoms with van der Waals surface area (Å²) in [5.41, 5.74) is 0. The predicted molar refractivity (Wildman–Crippen MR) is 71.3 cm³/mol. The maximum atomic E-state index is 8.88. The molecule has 0 spiro atoms. The van der Waals surface area contributed by atoms with Crippen molar-refractivity contribution < 1.29 is 96.2 Å². The lowest BCUT2D eigenvalue weighted by molar-refractivity contribution is 0.272. The summed E-state index contributed by atoms with van der Waals surface area (Å²) < 4.78 is 44.4. The average molecular weight is 490 g/mol. The molecule has 0 fully saturated rings. The minimum absolute atomic E-state index is 4.64. The van der Waals surface area contributed by atoms with Crippen LogP contribution in [0.5, 0.6) is 0 Å². The summed E-state index contributed by atoms with van der Waals surface area (Å²) in [5.74, 6) is 0. The number of hydrogen-bond donors (Lipinski definition) is 15. The van der Waals surface area contributed by atoms with E-state index < -0.39 is 39.1 Å². The standard InChI is InChI=1S/5H3O4P/c5*1-5(2,3)4/h5*(H3,1,2,3,4). The molecular formula is H15O20P5. The normalized spacial score (nSPS) is 11.8. The van der Waals surface area contributed by atoms with Crippen LogP contribution in [-0.2, 0) is 22.8 Å². The van der Waals surface area contributed by atoms with Gasteiger partial charge in [0.25, 0.3) is 0 Å². The molecule has 0 aliphatic rings. The minimum atomic E-state index is -4.64. The van der Waals surface area contributed by atoms with Gasteiger partial charge >= 0.3 is 39.1 Å². The molecule has 0 aliphatic heterocycles. The third-order valence-electron chi connectivity index (χ3n) is 0. The van der Waals surface area contributed by atoms with Crippen LogP contribution in [0.4, 0.5) is 0 Å². The molecule has 20 nitrogen and oxygen atoms in total. The van der Waals surface area contributed by atoms with E-state index in [1.807, 2.05) is 0 Å². The van der Waals surface area contributed by atoms with Gasteiger partial charge in [-0.05, 0) is 0 Å². The van der Waals surface area contributed by atoms with Crippen molar-refractivity contribution in [2.24, 2.45) is 0 Å². The molecule has 0 radical (unpaired) electrons. The van der Waals surface area contributed by atoms with E-state index in [9.17, 15) is 0 Å². The molecule has 0 aromatic rings. The maximum absolute atomic E-state index is 8.88. The van der Waals surface area contributed by atoms with Gasteiger partial charge in [0.1, 0.15) is 0 Å². The van der Waals surface area contributed by atoms with Crippen LogP contribution in [0.3, 0.4) is 0 Å². The zero-order valence-corrected chi connectivity index (χ0v) is 15.5. The van der Waals surface area contributed by atoms with Gasteiger partial charge in [-0.15, -0.1) is 0 Å². The van der Waals surface area contributed by atoms with Crippen molar-refractivity contribution in [2.75, 3.05) is 0 Å². The van der Waals surface area contributed by atoms with Gasteiger partial charge in [0.05, 0.1) is 0 Å². The fraction of sp³-hybridized carbons (Fsp3) is 0. The Morgan fingerprint density at radius 1 is 0.240 bits per heavy atom. The Kier molecular flexibility index (Phi) is 21.3. The highest BCUT2D eigenvalue weighted by Gasteiger charge is 2.01. The lowest BCUT2D eigenvalue weighted by Crippen LogP contribution is -1.66. The first kappa shape index (κ1) is 36.5. The summed E-state index contributed by atoms with van der Waals surface area (Å²) in [7, 11) is -23.2. The van der Waals surface area contributed by atoms with Crippen LogP contribution < -0.4 is 0 Å². The summed E-state index contributed by atoms with van der Waals surface area (Å²) in [6.07, 6.45) is 0. The topological polar surface area (TPSA) is 389 Å². The number of rotatable bonds is 0. The van der Waals surface area contributed by atoms with Gasteiger partial charge in [-0.3, -0.25) is 0 Å². The molecule has 0 amide bonds. The summed E-state index contributed by atoms with van der Waals surface area (Å²) in [6, 6.07) is 0. The van der Waals surface area contributed by atoms with Crippen molar-refractivity contribution in [3.63, 3.8) is 0 Å². The van der Waals surface area contributed by atoms with E-state index >= 15 is 0 Å². The molecule has 0 aliphatic carbocycles. The molecule has 25 heteroatoms. The van der Waals surface area contributed by atoms with Crippen LogP contribution >= 0.6 is 39.1 Å². The zero-order chi connectivity index (χ0) is 22.5. The van der Waals surface area contributed by atoms with Crippen LogP contribution in [0.15, 0.2) is 0 Å². The second kappa shape index (κ2) is 14.6. The smallest absolute Gasteiger partial charge is 0.303 e. The van der Waals surface area contributed by atoms with Gasteiger partial charge in [-0.2, -0.15) is 0 Å². The second-order valence-electron chi connectivity index (χ2n) is 2.57. The van der Waals surface area contributed by atoms with Gasteiger partial charge in [0.2, 0.25) is 0 Å². The summed E-state index contributed by atoms with van der Waals surface area (Å²) in [4.78, 5) is 108. The van der Waals surface area contributed by atoms with Gasteiger partial charge < -0.3 is 73.4 Å². The summed E-state index contributed by atoms with van der Waals surface area (Å²) in [5, 5.41) is 0. The highest BCUT2D eigenvalue weighted by molar-refractivity contribution is 7.46. The molecule has 0 heterocycles. The van der Waals surface area contributed by atoms with Crippen LogP contribution in [0.2, 0.25) is 0 Å². The first-order chi connectivity index (χ1) is 10.0. The molecule has 15 N–H and O–H groups in total. The van der Waals surface area contributed by atoms with Crippen molar-refractivity contribution in [3.05, 3.63) is 0 Å². The SMILES string of the molecule is O=P(O)(O)O.O=P(O)(O)O.O=P(O)(O)O.O=P(O)(O)O.O=P(O)(O)O. The Hall–Kier alpha value is 0.550. The quantitative estimate of drug-likeness (QED) is 0.142. The fourth-order valence-electron chi connectivity index (χ4n) is 0. The van der Waals surface area contributed by atoms with Crippen LogP contribution in [-0.4, -0.2) is 73.4 Å². The zero-order valence-electron chi connectivity index (χ0n) is 11.0. The monoisotopic (exact) mass is 490 g/mol. The molecule has 0 saturated carbocycles. The molecule has 0 rings (SSSR count). The Morgan fingerprint density at radius 2 is 0.240 bits per heavy atom. The van der Waals surface area contributed by atoms with E-state index in [2.05, 4.69) is 0 Å². The predicted octanol–water partition coefficient (Wildman–Crippen LogP) is -4.64. The molecule has 0 aromatic heterocycles. The van der Waals surface area contributed by atoms with Crippen LogP contribution in [0.25, 0.3) is 0 Å². The summed E-state index contributed by atoms with van der Waals surface area (Å²) >= 11 is 0. The van der Waals surface area contributed by atoms with Crippen LogP contribution in [0.1, 0.15) is 0 Å². The molecule has 0 atom stereocenters. The maximum Gasteiger partial charge on any atom is 0.466 e. The van der Waals surface area contributed by atoms with Gasteiger partial charge in [-0.1, -0.05) is 0 Å². The highest BCUT2D eigenvalue weighted by atomic mass is 31.2.